The third-order valence-electron chi connectivity index (χ3n) is 5.93. The first kappa shape index (κ1) is 21.4. The van der Waals surface area contributed by atoms with Crippen molar-refractivity contribution >= 4 is 17.3 Å². The number of hydrogen-bond donors (Lipinski definition) is 0. The van der Waals surface area contributed by atoms with Crippen LogP contribution in [-0.2, 0) is 10.9 Å². The van der Waals surface area contributed by atoms with Gasteiger partial charge in [-0.05, 0) is 43.5 Å². The predicted octanol–water partition coefficient (Wildman–Crippen LogP) is 4.27. The van der Waals surface area contributed by atoms with Gasteiger partial charge in [0.2, 0.25) is 5.88 Å². The van der Waals surface area contributed by atoms with E-state index in [0.717, 1.165) is 12.1 Å². The van der Waals surface area contributed by atoms with Crippen LogP contribution in [0.2, 0.25) is 0 Å². The van der Waals surface area contributed by atoms with Gasteiger partial charge in [-0.2, -0.15) is 13.2 Å². The summed E-state index contributed by atoms with van der Waals surface area (Å²) in [5.41, 5.74) is 0.991. The molecule has 31 heavy (non-hydrogen) atoms. The van der Waals surface area contributed by atoms with Gasteiger partial charge in [0.05, 0.1) is 48.6 Å². The van der Waals surface area contributed by atoms with Gasteiger partial charge >= 0.3 is 6.18 Å². The van der Waals surface area contributed by atoms with Gasteiger partial charge in [-0.25, -0.2) is 4.98 Å². The summed E-state index contributed by atoms with van der Waals surface area (Å²) in [5.74, 6) is 0.173. The number of carbonyl (C=O) groups excluding carboxylic acids is 1. The van der Waals surface area contributed by atoms with E-state index in [1.54, 1.807) is 24.0 Å². The molecule has 166 valence electrons. The number of aryl methyl sites for hydroxylation is 1. The molecule has 2 aromatic rings. The molecule has 2 atom stereocenters. The number of alkyl halides is 3. The second-order valence-electron chi connectivity index (χ2n) is 7.94. The smallest absolute Gasteiger partial charge is 0.416 e. The summed E-state index contributed by atoms with van der Waals surface area (Å²) >= 11 is 0. The normalized spacial score (nSPS) is 21.8. The van der Waals surface area contributed by atoms with E-state index < -0.39 is 11.7 Å². The van der Waals surface area contributed by atoms with Crippen LogP contribution in [0.4, 0.5) is 24.5 Å². The summed E-state index contributed by atoms with van der Waals surface area (Å²) in [5, 5.41) is 0. The number of methoxy groups -OCH3 is 1. The van der Waals surface area contributed by atoms with Gasteiger partial charge in [-0.3, -0.25) is 9.69 Å². The molecule has 1 aromatic heterocycles. The molecule has 0 unspecified atom stereocenters. The third kappa shape index (κ3) is 3.94. The summed E-state index contributed by atoms with van der Waals surface area (Å²) in [4.78, 5) is 21.2. The number of amides is 1. The van der Waals surface area contributed by atoms with Crippen molar-refractivity contribution in [1.29, 1.82) is 0 Å². The second kappa shape index (κ2) is 8.03. The number of aromatic nitrogens is 1. The van der Waals surface area contributed by atoms with Gasteiger partial charge in [0, 0.05) is 18.7 Å². The molecule has 4 rings (SSSR count). The Morgan fingerprint density at radius 3 is 2.61 bits per heavy atom. The van der Waals surface area contributed by atoms with E-state index in [4.69, 9.17) is 9.47 Å². The van der Waals surface area contributed by atoms with Crippen LogP contribution >= 0.6 is 0 Å². The lowest BCUT2D eigenvalue weighted by molar-refractivity contribution is -0.137. The number of hydrogen-bond acceptors (Lipinski definition) is 5. The maximum absolute atomic E-state index is 13.4. The van der Waals surface area contributed by atoms with E-state index in [-0.39, 0.29) is 30.1 Å². The first-order valence-electron chi connectivity index (χ1n) is 10.1. The number of carbonyl (C=O) groups is 1. The summed E-state index contributed by atoms with van der Waals surface area (Å²) in [6.07, 6.45) is -3.82. The summed E-state index contributed by atoms with van der Waals surface area (Å²) in [6, 6.07) is 6.68. The quantitative estimate of drug-likeness (QED) is 0.721. The summed E-state index contributed by atoms with van der Waals surface area (Å²) < 4.78 is 50.9. The fourth-order valence-electron chi connectivity index (χ4n) is 4.30. The van der Waals surface area contributed by atoms with Crippen LogP contribution in [-0.4, -0.2) is 43.9 Å². The van der Waals surface area contributed by atoms with Crippen molar-refractivity contribution in [3.05, 3.63) is 47.2 Å². The molecule has 6 nitrogen and oxygen atoms in total. The van der Waals surface area contributed by atoms with Gasteiger partial charge in [-0.1, -0.05) is 6.92 Å². The average Bonchev–Trinajstić information content (AvgIpc) is 2.74. The highest BCUT2D eigenvalue weighted by Gasteiger charge is 2.40. The van der Waals surface area contributed by atoms with Crippen molar-refractivity contribution in [2.24, 2.45) is 5.92 Å². The van der Waals surface area contributed by atoms with Crippen molar-refractivity contribution in [1.82, 2.24) is 4.98 Å². The molecular formula is C22H24F3N3O3. The summed E-state index contributed by atoms with van der Waals surface area (Å²) in [6.45, 7) is 4.97. The van der Waals surface area contributed by atoms with Gasteiger partial charge in [0.1, 0.15) is 0 Å². The molecule has 2 aliphatic heterocycles. The SMILES string of the molecule is COc1ccc(N2CN([C@H]3CCOC[C@@H]3C)c3cc(C(F)(F)F)ccc3C2=O)c(C)n1. The molecule has 3 heterocycles. The lowest BCUT2D eigenvalue weighted by atomic mass is 9.93. The number of pyridine rings is 1. The number of rotatable bonds is 3. The van der Waals surface area contributed by atoms with Crippen LogP contribution < -0.4 is 14.5 Å². The van der Waals surface area contributed by atoms with Crippen molar-refractivity contribution in [3.8, 4) is 5.88 Å². The third-order valence-corrected chi connectivity index (χ3v) is 5.93. The Morgan fingerprint density at radius 2 is 1.97 bits per heavy atom. The first-order chi connectivity index (χ1) is 14.7. The van der Waals surface area contributed by atoms with Crippen molar-refractivity contribution in [3.63, 3.8) is 0 Å². The molecule has 0 aliphatic carbocycles. The lowest BCUT2D eigenvalue weighted by Crippen LogP contribution is -2.55. The number of nitrogens with zero attached hydrogens (tertiary/aromatic N) is 3. The minimum atomic E-state index is -4.49. The lowest BCUT2D eigenvalue weighted by Gasteiger charge is -2.46. The molecule has 2 aliphatic rings. The van der Waals surface area contributed by atoms with Crippen LogP contribution in [0.3, 0.4) is 0 Å². The molecular weight excluding hydrogens is 411 g/mol. The van der Waals surface area contributed by atoms with E-state index in [1.807, 2.05) is 11.8 Å². The fourth-order valence-corrected chi connectivity index (χ4v) is 4.30. The van der Waals surface area contributed by atoms with Crippen molar-refractivity contribution in [2.75, 3.05) is 36.8 Å². The van der Waals surface area contributed by atoms with Gasteiger partial charge in [0.25, 0.3) is 5.91 Å². The predicted molar refractivity (Wildman–Crippen MR) is 110 cm³/mol. The Morgan fingerprint density at radius 1 is 1.19 bits per heavy atom. The Bertz CT molecular complexity index is 996. The molecule has 0 saturated carbocycles. The molecule has 1 saturated heterocycles. The summed E-state index contributed by atoms with van der Waals surface area (Å²) in [7, 11) is 1.51. The van der Waals surface area contributed by atoms with E-state index in [9.17, 15) is 18.0 Å². The van der Waals surface area contributed by atoms with Crippen LogP contribution in [0.1, 0.15) is 35.0 Å². The number of ether oxygens (including phenoxy) is 2. The average molecular weight is 435 g/mol. The van der Waals surface area contributed by atoms with Gasteiger partial charge in [0.15, 0.2) is 0 Å². The standard InChI is InChI=1S/C22H24F3N3O3/c1-13-11-31-9-8-17(13)27-12-28(18-6-7-20(30-3)26-14(18)2)21(29)16-5-4-15(10-19(16)27)22(23,24)25/h4-7,10,13,17H,8-9,11-12H2,1-3H3/t13-,17-/m0/s1. The molecule has 0 spiro atoms. The largest absolute Gasteiger partial charge is 0.481 e. The Hall–Kier alpha value is -2.81. The highest BCUT2D eigenvalue weighted by atomic mass is 19.4. The van der Waals surface area contributed by atoms with Gasteiger partial charge < -0.3 is 14.4 Å². The Balaban J connectivity index is 1.81. The second-order valence-corrected chi connectivity index (χ2v) is 7.94. The molecule has 1 amide bonds. The molecule has 0 N–H and O–H groups in total. The number of fused-ring (bicyclic) bond motifs is 1. The minimum absolute atomic E-state index is 0.0573. The monoisotopic (exact) mass is 435 g/mol. The van der Waals surface area contributed by atoms with Crippen LogP contribution in [0.5, 0.6) is 5.88 Å². The number of benzene rings is 1. The van der Waals surface area contributed by atoms with Gasteiger partial charge in [-0.15, -0.1) is 0 Å². The zero-order valence-corrected chi connectivity index (χ0v) is 17.6. The first-order valence-corrected chi connectivity index (χ1v) is 10.1. The van der Waals surface area contributed by atoms with Crippen LogP contribution in [0.25, 0.3) is 0 Å². The number of halogens is 3. The fraction of sp³-hybridized carbons (Fsp3) is 0.455. The zero-order valence-electron chi connectivity index (χ0n) is 17.6. The maximum Gasteiger partial charge on any atom is 0.416 e. The van der Waals surface area contributed by atoms with E-state index in [0.29, 0.717) is 42.6 Å². The Labute approximate surface area is 178 Å². The molecule has 1 aromatic carbocycles. The van der Waals surface area contributed by atoms with Crippen LogP contribution in [0.15, 0.2) is 30.3 Å². The molecule has 0 bridgehead atoms. The van der Waals surface area contributed by atoms with E-state index in [2.05, 4.69) is 4.98 Å². The highest BCUT2D eigenvalue weighted by Crippen LogP contribution is 2.40. The van der Waals surface area contributed by atoms with Crippen LogP contribution in [0, 0.1) is 12.8 Å². The Kier molecular flexibility index (Phi) is 5.55. The molecule has 9 heteroatoms. The van der Waals surface area contributed by atoms with E-state index >= 15 is 0 Å². The minimum Gasteiger partial charge on any atom is -0.481 e. The topological polar surface area (TPSA) is 54.9 Å². The van der Waals surface area contributed by atoms with E-state index in [1.165, 1.54) is 13.2 Å². The van der Waals surface area contributed by atoms with Crippen molar-refractivity contribution < 1.29 is 27.4 Å². The maximum atomic E-state index is 13.4. The molecule has 0 radical (unpaired) electrons. The number of anilines is 2. The van der Waals surface area contributed by atoms with Crippen molar-refractivity contribution in [2.45, 2.75) is 32.5 Å². The molecule has 1 fully saturated rings. The highest BCUT2D eigenvalue weighted by molar-refractivity contribution is 6.12. The zero-order chi connectivity index (χ0) is 22.3.